The van der Waals surface area contributed by atoms with Gasteiger partial charge in [-0.3, -0.25) is 0 Å². The Morgan fingerprint density at radius 1 is 0.864 bits per heavy atom. The van der Waals surface area contributed by atoms with Gasteiger partial charge in [-0.1, -0.05) is 30.0 Å². The SMILES string of the molecule is c1ccc(Sc2ccc(N3CCN4CCC3CC4)nn2)cc1. The van der Waals surface area contributed by atoms with E-state index in [4.69, 9.17) is 0 Å². The average molecular weight is 312 g/mol. The molecule has 0 N–H and O–H groups in total. The molecule has 1 aromatic carbocycles. The number of piperidine rings is 1. The first-order valence-electron chi connectivity index (χ1n) is 7.94. The van der Waals surface area contributed by atoms with Crippen LogP contribution in [0.25, 0.3) is 0 Å². The monoisotopic (exact) mass is 312 g/mol. The van der Waals surface area contributed by atoms with Crippen LogP contribution in [0.4, 0.5) is 5.82 Å². The molecule has 5 rings (SSSR count). The van der Waals surface area contributed by atoms with E-state index in [-0.39, 0.29) is 0 Å². The summed E-state index contributed by atoms with van der Waals surface area (Å²) in [7, 11) is 0. The summed E-state index contributed by atoms with van der Waals surface area (Å²) in [6, 6.07) is 15.2. The van der Waals surface area contributed by atoms with Crippen LogP contribution in [0.15, 0.2) is 52.4 Å². The largest absolute Gasteiger partial charge is 0.351 e. The van der Waals surface area contributed by atoms with Crippen molar-refractivity contribution in [2.75, 3.05) is 31.1 Å². The van der Waals surface area contributed by atoms with Gasteiger partial charge >= 0.3 is 0 Å². The van der Waals surface area contributed by atoms with Gasteiger partial charge in [-0.2, -0.15) is 0 Å². The molecule has 3 saturated heterocycles. The Balaban J connectivity index is 1.49. The molecule has 4 nitrogen and oxygen atoms in total. The molecule has 22 heavy (non-hydrogen) atoms. The minimum Gasteiger partial charge on any atom is -0.351 e. The molecule has 3 aliphatic rings. The molecule has 3 aliphatic heterocycles. The highest BCUT2D eigenvalue weighted by Crippen LogP contribution is 2.28. The van der Waals surface area contributed by atoms with Crippen LogP contribution in [-0.2, 0) is 0 Å². The molecule has 0 saturated carbocycles. The second kappa shape index (κ2) is 6.26. The predicted molar refractivity (Wildman–Crippen MR) is 89.4 cm³/mol. The summed E-state index contributed by atoms with van der Waals surface area (Å²) in [5.41, 5.74) is 0. The van der Waals surface area contributed by atoms with Crippen molar-refractivity contribution < 1.29 is 0 Å². The van der Waals surface area contributed by atoms with Crippen LogP contribution in [0.3, 0.4) is 0 Å². The number of hydrogen-bond acceptors (Lipinski definition) is 5. The summed E-state index contributed by atoms with van der Waals surface area (Å²) >= 11 is 1.66. The molecule has 2 aromatic rings. The van der Waals surface area contributed by atoms with Crippen LogP contribution < -0.4 is 4.90 Å². The molecule has 0 atom stereocenters. The van der Waals surface area contributed by atoms with E-state index in [1.54, 1.807) is 11.8 Å². The van der Waals surface area contributed by atoms with Gasteiger partial charge in [0.05, 0.1) is 0 Å². The molecule has 0 amide bonds. The highest BCUT2D eigenvalue weighted by Gasteiger charge is 2.29. The van der Waals surface area contributed by atoms with Crippen LogP contribution in [-0.4, -0.2) is 47.3 Å². The van der Waals surface area contributed by atoms with Gasteiger partial charge in [0, 0.05) is 37.1 Å². The van der Waals surface area contributed by atoms with Crippen LogP contribution in [0, 0.1) is 0 Å². The maximum absolute atomic E-state index is 4.49. The van der Waals surface area contributed by atoms with Gasteiger partial charge in [-0.25, -0.2) is 0 Å². The van der Waals surface area contributed by atoms with Gasteiger partial charge in [-0.15, -0.1) is 10.2 Å². The maximum atomic E-state index is 4.49. The Hall–Kier alpha value is -1.59. The van der Waals surface area contributed by atoms with Gasteiger partial charge in [0.2, 0.25) is 0 Å². The van der Waals surface area contributed by atoms with E-state index in [0.29, 0.717) is 6.04 Å². The van der Waals surface area contributed by atoms with Crippen molar-refractivity contribution in [3.05, 3.63) is 42.5 Å². The van der Waals surface area contributed by atoms with Crippen LogP contribution in [0.2, 0.25) is 0 Å². The Kier molecular flexibility index (Phi) is 3.99. The molecule has 0 spiro atoms. The molecule has 1 aromatic heterocycles. The third-order valence-electron chi connectivity index (χ3n) is 4.54. The summed E-state index contributed by atoms with van der Waals surface area (Å²) < 4.78 is 0. The van der Waals surface area contributed by atoms with Crippen molar-refractivity contribution in [1.82, 2.24) is 15.1 Å². The number of fused-ring (bicyclic) bond motifs is 4. The topological polar surface area (TPSA) is 32.3 Å². The summed E-state index contributed by atoms with van der Waals surface area (Å²) in [5.74, 6) is 1.03. The first kappa shape index (κ1) is 14.0. The van der Waals surface area contributed by atoms with Crippen molar-refractivity contribution >= 4 is 17.6 Å². The molecule has 0 unspecified atom stereocenters. The van der Waals surface area contributed by atoms with Gasteiger partial charge in [0.25, 0.3) is 0 Å². The lowest BCUT2D eigenvalue weighted by molar-refractivity contribution is 0.250. The molecule has 0 aliphatic carbocycles. The zero-order valence-electron chi connectivity index (χ0n) is 12.6. The van der Waals surface area contributed by atoms with Gasteiger partial charge in [0.15, 0.2) is 5.82 Å². The van der Waals surface area contributed by atoms with Crippen LogP contribution >= 0.6 is 11.8 Å². The smallest absolute Gasteiger partial charge is 0.151 e. The van der Waals surface area contributed by atoms with Crippen molar-refractivity contribution in [1.29, 1.82) is 0 Å². The summed E-state index contributed by atoms with van der Waals surface area (Å²) in [6.07, 6.45) is 2.50. The first-order valence-corrected chi connectivity index (χ1v) is 8.76. The first-order chi connectivity index (χ1) is 10.9. The van der Waals surface area contributed by atoms with E-state index in [1.807, 2.05) is 18.2 Å². The van der Waals surface area contributed by atoms with Crippen molar-refractivity contribution in [3.8, 4) is 0 Å². The average Bonchev–Trinajstić information content (AvgIpc) is 2.90. The predicted octanol–water partition coefficient (Wildman–Crippen LogP) is 2.91. The Morgan fingerprint density at radius 3 is 2.41 bits per heavy atom. The molecule has 114 valence electrons. The fourth-order valence-corrected chi connectivity index (χ4v) is 4.07. The normalized spacial score (nSPS) is 24.3. The minimum absolute atomic E-state index is 0.640. The molecular formula is C17H20N4S. The number of rotatable bonds is 3. The van der Waals surface area contributed by atoms with E-state index in [0.717, 1.165) is 23.9 Å². The third-order valence-corrected chi connectivity index (χ3v) is 5.48. The number of anilines is 1. The van der Waals surface area contributed by atoms with E-state index >= 15 is 0 Å². The molecule has 0 radical (unpaired) electrons. The molecule has 5 heteroatoms. The molecule has 2 bridgehead atoms. The summed E-state index contributed by atoms with van der Waals surface area (Å²) in [4.78, 5) is 6.21. The number of nitrogens with zero attached hydrogens (tertiary/aromatic N) is 4. The van der Waals surface area contributed by atoms with Crippen LogP contribution in [0.1, 0.15) is 12.8 Å². The Labute approximate surface area is 135 Å². The third kappa shape index (κ3) is 2.96. The van der Waals surface area contributed by atoms with Gasteiger partial charge in [-0.05, 0) is 37.1 Å². The zero-order chi connectivity index (χ0) is 14.8. The number of hydrogen-bond donors (Lipinski definition) is 0. The lowest BCUT2D eigenvalue weighted by Gasteiger charge is -2.31. The summed E-state index contributed by atoms with van der Waals surface area (Å²) in [6.45, 7) is 4.69. The quantitative estimate of drug-likeness (QED) is 0.870. The lowest BCUT2D eigenvalue weighted by Crippen LogP contribution is -2.38. The second-order valence-corrected chi connectivity index (χ2v) is 7.00. The fraction of sp³-hybridized carbons (Fsp3) is 0.412. The number of aromatic nitrogens is 2. The van der Waals surface area contributed by atoms with Crippen molar-refractivity contribution in [2.45, 2.75) is 28.8 Å². The second-order valence-electron chi connectivity index (χ2n) is 5.91. The molecule has 3 fully saturated rings. The zero-order valence-corrected chi connectivity index (χ0v) is 13.4. The van der Waals surface area contributed by atoms with Gasteiger partial charge < -0.3 is 9.80 Å². The standard InChI is InChI=1S/C17H20N4S/c1-2-4-15(5-3-1)22-17-7-6-16(18-19-17)21-13-12-20-10-8-14(21)9-11-20/h1-7,14H,8-13H2. The van der Waals surface area contributed by atoms with E-state index in [9.17, 15) is 0 Å². The fourth-order valence-electron chi connectivity index (χ4n) is 3.32. The molecule has 4 heterocycles. The maximum Gasteiger partial charge on any atom is 0.151 e. The van der Waals surface area contributed by atoms with E-state index < -0.39 is 0 Å². The summed E-state index contributed by atoms with van der Waals surface area (Å²) in [5, 5.41) is 9.87. The van der Waals surface area contributed by atoms with Crippen molar-refractivity contribution in [2.24, 2.45) is 0 Å². The Morgan fingerprint density at radius 2 is 1.68 bits per heavy atom. The van der Waals surface area contributed by atoms with E-state index in [1.165, 1.54) is 30.8 Å². The van der Waals surface area contributed by atoms with Crippen LogP contribution in [0.5, 0.6) is 0 Å². The molecular weight excluding hydrogens is 292 g/mol. The Bertz CT molecular complexity index is 608. The van der Waals surface area contributed by atoms with E-state index in [2.05, 4.69) is 44.3 Å². The minimum atomic E-state index is 0.640. The van der Waals surface area contributed by atoms with Crippen molar-refractivity contribution in [3.63, 3.8) is 0 Å². The number of benzene rings is 1. The lowest BCUT2D eigenvalue weighted by atomic mass is 10.1. The van der Waals surface area contributed by atoms with Gasteiger partial charge in [0.1, 0.15) is 5.03 Å². The highest BCUT2D eigenvalue weighted by atomic mass is 32.2. The highest BCUT2D eigenvalue weighted by molar-refractivity contribution is 7.99.